The molecule has 0 saturated carbocycles. The molecule has 0 aliphatic carbocycles. The maximum absolute atomic E-state index is 12.6. The number of likely N-dealkylation sites (N-methyl/N-ethyl adjacent to an activating group) is 1. The highest BCUT2D eigenvalue weighted by Crippen LogP contribution is 2.18. The summed E-state index contributed by atoms with van der Waals surface area (Å²) in [6, 6.07) is 23.9. The Hall–Kier alpha value is -3.64. The van der Waals surface area contributed by atoms with Gasteiger partial charge < -0.3 is 15.4 Å². The predicted molar refractivity (Wildman–Crippen MR) is 119 cm³/mol. The van der Waals surface area contributed by atoms with Gasteiger partial charge in [0.25, 0.3) is 5.91 Å². The Morgan fingerprint density at radius 1 is 0.867 bits per heavy atom. The highest BCUT2D eigenvalue weighted by atomic mass is 16.5. The second-order valence-electron chi connectivity index (χ2n) is 6.93. The van der Waals surface area contributed by atoms with E-state index >= 15 is 0 Å². The zero-order valence-electron chi connectivity index (χ0n) is 17.1. The van der Waals surface area contributed by atoms with E-state index in [4.69, 9.17) is 4.74 Å². The summed E-state index contributed by atoms with van der Waals surface area (Å²) in [5, 5.41) is 5.69. The number of hydrogen-bond donors (Lipinski definition) is 2. The third kappa shape index (κ3) is 5.93. The molecule has 0 aliphatic heterocycles. The second kappa shape index (κ2) is 10.2. The molecule has 0 heterocycles. The van der Waals surface area contributed by atoms with Crippen LogP contribution in [-0.2, 0) is 11.3 Å². The molecule has 3 rings (SSSR count). The maximum Gasteiger partial charge on any atom is 0.257 e. The maximum atomic E-state index is 12.6. The minimum Gasteiger partial charge on any atom is -0.497 e. The van der Waals surface area contributed by atoms with E-state index in [1.165, 1.54) is 0 Å². The van der Waals surface area contributed by atoms with Crippen LogP contribution >= 0.6 is 0 Å². The fourth-order valence-electron chi connectivity index (χ4n) is 3.04. The number of hydrogen-bond acceptors (Lipinski definition) is 4. The van der Waals surface area contributed by atoms with Crippen LogP contribution < -0.4 is 15.4 Å². The lowest BCUT2D eigenvalue weighted by atomic mass is 10.1. The molecule has 154 valence electrons. The van der Waals surface area contributed by atoms with Crippen LogP contribution in [0.25, 0.3) is 0 Å². The van der Waals surface area contributed by atoms with Crippen molar-refractivity contribution in [3.05, 3.63) is 90.0 Å². The van der Waals surface area contributed by atoms with Crippen LogP contribution in [0.5, 0.6) is 5.75 Å². The van der Waals surface area contributed by atoms with E-state index in [9.17, 15) is 9.59 Å². The zero-order chi connectivity index (χ0) is 21.3. The van der Waals surface area contributed by atoms with Gasteiger partial charge >= 0.3 is 0 Å². The summed E-state index contributed by atoms with van der Waals surface area (Å²) < 4.78 is 5.16. The van der Waals surface area contributed by atoms with Crippen LogP contribution in [0.15, 0.2) is 78.9 Å². The summed E-state index contributed by atoms with van der Waals surface area (Å²) in [7, 11) is 3.50. The van der Waals surface area contributed by atoms with Crippen molar-refractivity contribution >= 4 is 23.2 Å². The van der Waals surface area contributed by atoms with Crippen LogP contribution in [0, 0.1) is 0 Å². The van der Waals surface area contributed by atoms with E-state index in [-0.39, 0.29) is 18.4 Å². The largest absolute Gasteiger partial charge is 0.497 e. The fraction of sp³-hybridized carbons (Fsp3) is 0.167. The highest BCUT2D eigenvalue weighted by Gasteiger charge is 2.14. The van der Waals surface area contributed by atoms with Crippen LogP contribution in [0.4, 0.5) is 11.4 Å². The molecule has 0 bridgehead atoms. The Labute approximate surface area is 176 Å². The fourth-order valence-corrected chi connectivity index (χ4v) is 3.04. The molecule has 6 nitrogen and oxygen atoms in total. The SMILES string of the molecule is COc1ccc(CN(C)CC(=O)Nc2ccccc2C(=O)Nc2ccccc2)cc1. The van der Waals surface area contributed by atoms with E-state index in [0.717, 1.165) is 11.3 Å². The number of carbonyl (C=O) groups is 2. The van der Waals surface area contributed by atoms with Crippen molar-refractivity contribution in [3.8, 4) is 5.75 Å². The van der Waals surface area contributed by atoms with E-state index in [1.54, 1.807) is 31.4 Å². The van der Waals surface area contributed by atoms with E-state index in [0.29, 0.717) is 23.5 Å². The van der Waals surface area contributed by atoms with Crippen LogP contribution in [0.1, 0.15) is 15.9 Å². The Kier molecular flexibility index (Phi) is 7.19. The molecular formula is C24H25N3O3. The number of rotatable bonds is 8. The van der Waals surface area contributed by atoms with Gasteiger partial charge in [0.15, 0.2) is 0 Å². The molecule has 2 amide bonds. The number of amides is 2. The molecule has 0 unspecified atom stereocenters. The number of benzene rings is 3. The molecule has 0 spiro atoms. The smallest absolute Gasteiger partial charge is 0.257 e. The van der Waals surface area contributed by atoms with Gasteiger partial charge in [-0.05, 0) is 49.0 Å². The normalized spacial score (nSPS) is 10.5. The number of nitrogens with one attached hydrogen (secondary N) is 2. The van der Waals surface area contributed by atoms with Crippen molar-refractivity contribution in [2.45, 2.75) is 6.54 Å². The number of ether oxygens (including phenoxy) is 1. The topological polar surface area (TPSA) is 70.7 Å². The Balaban J connectivity index is 1.60. The quantitative estimate of drug-likeness (QED) is 0.596. The molecule has 0 atom stereocenters. The predicted octanol–water partition coefficient (Wildman–Crippen LogP) is 4.02. The molecule has 0 fully saturated rings. The summed E-state index contributed by atoms with van der Waals surface area (Å²) in [6.07, 6.45) is 0. The van der Waals surface area contributed by atoms with Crippen molar-refractivity contribution in [1.82, 2.24) is 4.90 Å². The van der Waals surface area contributed by atoms with Crippen LogP contribution in [0.2, 0.25) is 0 Å². The third-order valence-corrected chi connectivity index (χ3v) is 4.50. The molecular weight excluding hydrogens is 378 g/mol. The first-order chi connectivity index (χ1) is 14.5. The Morgan fingerprint density at radius 2 is 1.53 bits per heavy atom. The molecule has 0 aromatic heterocycles. The van der Waals surface area contributed by atoms with Crippen molar-refractivity contribution in [1.29, 1.82) is 0 Å². The average molecular weight is 403 g/mol. The lowest BCUT2D eigenvalue weighted by Gasteiger charge is -2.17. The lowest BCUT2D eigenvalue weighted by molar-refractivity contribution is -0.117. The zero-order valence-corrected chi connectivity index (χ0v) is 17.1. The van der Waals surface area contributed by atoms with Gasteiger partial charge in [-0.1, -0.05) is 42.5 Å². The van der Waals surface area contributed by atoms with Crippen molar-refractivity contribution in [2.75, 3.05) is 31.3 Å². The van der Waals surface area contributed by atoms with Gasteiger partial charge in [-0.2, -0.15) is 0 Å². The molecule has 3 aromatic carbocycles. The average Bonchev–Trinajstić information content (AvgIpc) is 2.75. The molecule has 0 saturated heterocycles. The van der Waals surface area contributed by atoms with Gasteiger partial charge in [-0.25, -0.2) is 0 Å². The van der Waals surface area contributed by atoms with E-state index < -0.39 is 0 Å². The van der Waals surface area contributed by atoms with Crippen molar-refractivity contribution in [3.63, 3.8) is 0 Å². The standard InChI is InChI=1S/C24H25N3O3/c1-27(16-18-12-14-20(30-2)15-13-18)17-23(28)26-22-11-7-6-10-21(22)24(29)25-19-8-4-3-5-9-19/h3-15H,16-17H2,1-2H3,(H,25,29)(H,26,28). The van der Waals surface area contributed by atoms with E-state index in [1.807, 2.05) is 66.5 Å². The highest BCUT2D eigenvalue weighted by molar-refractivity contribution is 6.10. The molecule has 3 aromatic rings. The summed E-state index contributed by atoms with van der Waals surface area (Å²) in [4.78, 5) is 27.1. The lowest BCUT2D eigenvalue weighted by Crippen LogP contribution is -2.30. The summed E-state index contributed by atoms with van der Waals surface area (Å²) in [5.41, 5.74) is 2.66. The molecule has 6 heteroatoms. The Morgan fingerprint density at radius 3 is 2.23 bits per heavy atom. The summed E-state index contributed by atoms with van der Waals surface area (Å²) >= 11 is 0. The van der Waals surface area contributed by atoms with Gasteiger partial charge in [-0.3, -0.25) is 14.5 Å². The second-order valence-corrected chi connectivity index (χ2v) is 6.93. The van der Waals surface area contributed by atoms with Crippen molar-refractivity contribution in [2.24, 2.45) is 0 Å². The minimum atomic E-state index is -0.274. The van der Waals surface area contributed by atoms with E-state index in [2.05, 4.69) is 10.6 Å². The summed E-state index contributed by atoms with van der Waals surface area (Å²) in [6.45, 7) is 0.814. The molecule has 2 N–H and O–H groups in total. The van der Waals surface area contributed by atoms with Crippen LogP contribution in [0.3, 0.4) is 0 Å². The number of anilines is 2. The molecule has 0 aliphatic rings. The first-order valence-corrected chi connectivity index (χ1v) is 9.62. The number of carbonyl (C=O) groups excluding carboxylic acids is 2. The third-order valence-electron chi connectivity index (χ3n) is 4.50. The monoisotopic (exact) mass is 403 g/mol. The summed E-state index contributed by atoms with van der Waals surface area (Å²) in [5.74, 6) is 0.333. The first-order valence-electron chi connectivity index (χ1n) is 9.62. The molecule has 30 heavy (non-hydrogen) atoms. The minimum absolute atomic E-state index is 0.189. The number of para-hydroxylation sites is 2. The molecule has 0 radical (unpaired) electrons. The van der Waals surface area contributed by atoms with Crippen molar-refractivity contribution < 1.29 is 14.3 Å². The number of nitrogens with zero attached hydrogens (tertiary/aromatic N) is 1. The Bertz CT molecular complexity index is 988. The van der Waals surface area contributed by atoms with Gasteiger partial charge in [0.05, 0.1) is 24.9 Å². The van der Waals surface area contributed by atoms with Gasteiger partial charge in [0.2, 0.25) is 5.91 Å². The van der Waals surface area contributed by atoms with Gasteiger partial charge in [0, 0.05) is 12.2 Å². The van der Waals surface area contributed by atoms with Gasteiger partial charge in [-0.15, -0.1) is 0 Å². The van der Waals surface area contributed by atoms with Crippen LogP contribution in [-0.4, -0.2) is 37.4 Å². The number of methoxy groups -OCH3 is 1. The van der Waals surface area contributed by atoms with Gasteiger partial charge in [0.1, 0.15) is 5.75 Å². The first kappa shape index (κ1) is 21.1.